The van der Waals surface area contributed by atoms with Crippen LogP contribution in [0.3, 0.4) is 0 Å². The first kappa shape index (κ1) is 15.4. The lowest BCUT2D eigenvalue weighted by Crippen LogP contribution is -2.18. The van der Waals surface area contributed by atoms with Gasteiger partial charge in [-0.1, -0.05) is 6.07 Å². The Morgan fingerprint density at radius 1 is 1.10 bits per heavy atom. The normalized spacial score (nSPS) is 11.7. The third kappa shape index (κ3) is 4.22. The van der Waals surface area contributed by atoms with Crippen molar-refractivity contribution in [2.45, 2.75) is 26.2 Å². The fourth-order valence-corrected chi connectivity index (χ4v) is 1.80. The number of halogens is 4. The first-order valence-electron chi connectivity index (χ1n) is 6.20. The van der Waals surface area contributed by atoms with Gasteiger partial charge in [0.05, 0.1) is 17.0 Å². The quantitative estimate of drug-likeness (QED) is 0.881. The average molecular weight is 299 g/mol. The van der Waals surface area contributed by atoms with Crippen LogP contribution < -0.4 is 5.32 Å². The summed E-state index contributed by atoms with van der Waals surface area (Å²) < 4.78 is 51.4. The van der Waals surface area contributed by atoms with Crippen LogP contribution in [0.4, 0.5) is 17.6 Å². The summed E-state index contributed by atoms with van der Waals surface area (Å²) in [4.78, 5) is 8.13. The standard InChI is InChI=1S/C14H13F4N3/c1-9-5-21-12(8-20-9)7-19-6-10-2-3-11(15)4-13(10)14(16,17)18/h2-5,8,19H,6-7H2,1H3. The monoisotopic (exact) mass is 299 g/mol. The van der Waals surface area contributed by atoms with Gasteiger partial charge in [0.1, 0.15) is 5.82 Å². The van der Waals surface area contributed by atoms with Gasteiger partial charge >= 0.3 is 6.18 Å². The second-order valence-electron chi connectivity index (χ2n) is 4.55. The maximum Gasteiger partial charge on any atom is 0.416 e. The second kappa shape index (κ2) is 6.17. The van der Waals surface area contributed by atoms with Gasteiger partial charge in [0.15, 0.2) is 0 Å². The molecule has 2 rings (SSSR count). The summed E-state index contributed by atoms with van der Waals surface area (Å²) in [5.74, 6) is -0.907. The molecule has 0 fully saturated rings. The number of aryl methyl sites for hydroxylation is 1. The van der Waals surface area contributed by atoms with Crippen LogP contribution in [-0.4, -0.2) is 9.97 Å². The molecule has 3 nitrogen and oxygen atoms in total. The molecule has 0 aliphatic carbocycles. The van der Waals surface area contributed by atoms with Gasteiger partial charge in [0.2, 0.25) is 0 Å². The lowest BCUT2D eigenvalue weighted by atomic mass is 10.1. The van der Waals surface area contributed by atoms with Crippen LogP contribution in [0.25, 0.3) is 0 Å². The van der Waals surface area contributed by atoms with E-state index < -0.39 is 17.6 Å². The molecule has 0 radical (unpaired) electrons. The number of nitrogens with zero attached hydrogens (tertiary/aromatic N) is 2. The zero-order chi connectivity index (χ0) is 15.5. The molecule has 7 heteroatoms. The minimum Gasteiger partial charge on any atom is -0.307 e. The molecule has 0 saturated carbocycles. The zero-order valence-corrected chi connectivity index (χ0v) is 11.2. The van der Waals surface area contributed by atoms with Crippen molar-refractivity contribution in [1.29, 1.82) is 0 Å². The Balaban J connectivity index is 2.05. The summed E-state index contributed by atoms with van der Waals surface area (Å²) in [5.41, 5.74) is 0.405. The maximum absolute atomic E-state index is 13.0. The molecule has 0 aliphatic rings. The van der Waals surface area contributed by atoms with Gasteiger partial charge in [0, 0.05) is 25.5 Å². The van der Waals surface area contributed by atoms with E-state index in [2.05, 4.69) is 15.3 Å². The number of hydrogen-bond donors (Lipinski definition) is 1. The van der Waals surface area contributed by atoms with Gasteiger partial charge in [-0.2, -0.15) is 13.2 Å². The van der Waals surface area contributed by atoms with Crippen LogP contribution in [0.1, 0.15) is 22.5 Å². The molecule has 0 amide bonds. The van der Waals surface area contributed by atoms with Crippen molar-refractivity contribution in [3.05, 3.63) is 58.9 Å². The van der Waals surface area contributed by atoms with E-state index in [0.29, 0.717) is 11.8 Å². The molecule has 0 aliphatic heterocycles. The Bertz CT molecular complexity index is 609. The fraction of sp³-hybridized carbons (Fsp3) is 0.286. The van der Waals surface area contributed by atoms with E-state index in [1.807, 2.05) is 0 Å². The van der Waals surface area contributed by atoms with E-state index in [4.69, 9.17) is 0 Å². The van der Waals surface area contributed by atoms with Crippen molar-refractivity contribution in [1.82, 2.24) is 15.3 Å². The summed E-state index contributed by atoms with van der Waals surface area (Å²) in [6, 6.07) is 2.65. The van der Waals surface area contributed by atoms with Crippen molar-refractivity contribution in [3.63, 3.8) is 0 Å². The number of rotatable bonds is 4. The van der Waals surface area contributed by atoms with E-state index in [9.17, 15) is 17.6 Å². The van der Waals surface area contributed by atoms with E-state index in [-0.39, 0.29) is 18.7 Å². The number of nitrogens with one attached hydrogen (secondary N) is 1. The second-order valence-corrected chi connectivity index (χ2v) is 4.55. The lowest BCUT2D eigenvalue weighted by Gasteiger charge is -2.13. The minimum atomic E-state index is -4.58. The van der Waals surface area contributed by atoms with Crippen LogP contribution in [0.5, 0.6) is 0 Å². The van der Waals surface area contributed by atoms with E-state index in [1.165, 1.54) is 0 Å². The first-order valence-corrected chi connectivity index (χ1v) is 6.20. The molecule has 0 spiro atoms. The van der Waals surface area contributed by atoms with Crippen LogP contribution >= 0.6 is 0 Å². The third-order valence-corrected chi connectivity index (χ3v) is 2.83. The van der Waals surface area contributed by atoms with Crippen LogP contribution in [-0.2, 0) is 19.3 Å². The van der Waals surface area contributed by atoms with Gasteiger partial charge < -0.3 is 5.32 Å². The number of aromatic nitrogens is 2. The Labute approximate surface area is 119 Å². The molecule has 1 heterocycles. The molecule has 21 heavy (non-hydrogen) atoms. The first-order chi connectivity index (χ1) is 9.86. The molecule has 112 valence electrons. The summed E-state index contributed by atoms with van der Waals surface area (Å²) >= 11 is 0. The summed E-state index contributed by atoms with van der Waals surface area (Å²) in [5, 5.41) is 2.84. The van der Waals surface area contributed by atoms with Crippen LogP contribution in [0, 0.1) is 12.7 Å². The largest absolute Gasteiger partial charge is 0.416 e. The molecule has 1 aromatic heterocycles. The van der Waals surface area contributed by atoms with Crippen molar-refractivity contribution in [2.24, 2.45) is 0 Å². The average Bonchev–Trinajstić information content (AvgIpc) is 2.41. The van der Waals surface area contributed by atoms with Crippen LogP contribution in [0.2, 0.25) is 0 Å². The molecule has 0 atom stereocenters. The Morgan fingerprint density at radius 2 is 1.86 bits per heavy atom. The number of hydrogen-bond acceptors (Lipinski definition) is 3. The van der Waals surface area contributed by atoms with Crippen molar-refractivity contribution in [3.8, 4) is 0 Å². The SMILES string of the molecule is Cc1cnc(CNCc2ccc(F)cc2C(F)(F)F)cn1. The molecular formula is C14H13F4N3. The molecule has 0 bridgehead atoms. The van der Waals surface area contributed by atoms with Gasteiger partial charge in [0.25, 0.3) is 0 Å². The van der Waals surface area contributed by atoms with Crippen molar-refractivity contribution >= 4 is 0 Å². The maximum atomic E-state index is 13.0. The fourth-order valence-electron chi connectivity index (χ4n) is 1.80. The third-order valence-electron chi connectivity index (χ3n) is 2.83. The highest BCUT2D eigenvalue weighted by Gasteiger charge is 2.33. The van der Waals surface area contributed by atoms with Gasteiger partial charge in [-0.05, 0) is 24.6 Å². The van der Waals surface area contributed by atoms with Gasteiger partial charge in [-0.15, -0.1) is 0 Å². The molecular weight excluding hydrogens is 286 g/mol. The highest BCUT2D eigenvalue weighted by molar-refractivity contribution is 5.30. The topological polar surface area (TPSA) is 37.8 Å². The Morgan fingerprint density at radius 3 is 2.48 bits per heavy atom. The van der Waals surface area contributed by atoms with E-state index in [0.717, 1.165) is 17.8 Å². The molecule has 0 unspecified atom stereocenters. The summed E-state index contributed by atoms with van der Waals surface area (Å²) in [7, 11) is 0. The van der Waals surface area contributed by atoms with E-state index >= 15 is 0 Å². The molecule has 1 aromatic carbocycles. The van der Waals surface area contributed by atoms with Crippen LogP contribution in [0.15, 0.2) is 30.6 Å². The number of alkyl halides is 3. The zero-order valence-electron chi connectivity index (χ0n) is 11.2. The smallest absolute Gasteiger partial charge is 0.307 e. The van der Waals surface area contributed by atoms with Gasteiger partial charge in [-0.3, -0.25) is 9.97 Å². The number of benzene rings is 1. The predicted octanol–water partition coefficient (Wildman–Crippen LogP) is 3.23. The van der Waals surface area contributed by atoms with E-state index in [1.54, 1.807) is 19.3 Å². The molecule has 0 saturated heterocycles. The highest BCUT2D eigenvalue weighted by atomic mass is 19.4. The van der Waals surface area contributed by atoms with Crippen molar-refractivity contribution < 1.29 is 17.6 Å². The van der Waals surface area contributed by atoms with Crippen molar-refractivity contribution in [2.75, 3.05) is 0 Å². The minimum absolute atomic E-state index is 0.0102. The molecule has 1 N–H and O–H groups in total. The predicted molar refractivity (Wildman–Crippen MR) is 68.7 cm³/mol. The van der Waals surface area contributed by atoms with Gasteiger partial charge in [-0.25, -0.2) is 4.39 Å². The lowest BCUT2D eigenvalue weighted by molar-refractivity contribution is -0.138. The highest BCUT2D eigenvalue weighted by Crippen LogP contribution is 2.32. The summed E-state index contributed by atoms with van der Waals surface area (Å²) in [6.07, 6.45) is -1.45. The molecule has 2 aromatic rings. The Hall–Kier alpha value is -2.02. The summed E-state index contributed by atoms with van der Waals surface area (Å²) in [6.45, 7) is 2.03. The Kier molecular flexibility index (Phi) is 4.52.